The van der Waals surface area contributed by atoms with Crippen molar-refractivity contribution >= 4 is 23.8 Å². The Hall–Kier alpha value is -0.910. The van der Waals surface area contributed by atoms with E-state index in [-0.39, 0.29) is 11.3 Å². The first-order chi connectivity index (χ1) is 7.49. The van der Waals surface area contributed by atoms with Crippen LogP contribution in [0.2, 0.25) is 0 Å². The summed E-state index contributed by atoms with van der Waals surface area (Å²) in [7, 11) is 0. The first-order valence-electron chi connectivity index (χ1n) is 5.24. The number of carbonyl (C=O) groups is 2. The molecule has 6 heteroatoms. The van der Waals surface area contributed by atoms with Crippen molar-refractivity contribution in [3.05, 3.63) is 0 Å². The van der Waals surface area contributed by atoms with Crippen LogP contribution >= 0.6 is 11.8 Å². The third-order valence-electron chi connectivity index (χ3n) is 3.08. The van der Waals surface area contributed by atoms with Crippen LogP contribution in [0.1, 0.15) is 19.8 Å². The van der Waals surface area contributed by atoms with E-state index in [4.69, 9.17) is 10.2 Å². The van der Waals surface area contributed by atoms with E-state index in [1.165, 1.54) is 16.7 Å². The van der Waals surface area contributed by atoms with Crippen molar-refractivity contribution in [1.29, 1.82) is 0 Å². The Labute approximate surface area is 98.8 Å². The smallest absolute Gasteiger partial charge is 0.407 e. The SMILES string of the molecule is CSC(C(C)C(=O)O)[C@@H]1CCCN1C(=O)O. The number of hydrogen-bond donors (Lipinski definition) is 2. The second kappa shape index (κ2) is 5.43. The fourth-order valence-electron chi connectivity index (χ4n) is 2.21. The van der Waals surface area contributed by atoms with Gasteiger partial charge in [0.1, 0.15) is 0 Å². The van der Waals surface area contributed by atoms with Crippen LogP contribution in [0.3, 0.4) is 0 Å². The van der Waals surface area contributed by atoms with Crippen LogP contribution in [0, 0.1) is 5.92 Å². The van der Waals surface area contributed by atoms with Crippen molar-refractivity contribution in [2.24, 2.45) is 5.92 Å². The summed E-state index contributed by atoms with van der Waals surface area (Å²) in [6.45, 7) is 2.16. The van der Waals surface area contributed by atoms with Gasteiger partial charge in [-0.15, -0.1) is 0 Å². The first kappa shape index (κ1) is 13.2. The molecule has 2 unspecified atom stereocenters. The minimum Gasteiger partial charge on any atom is -0.481 e. The maximum atomic E-state index is 11.0. The standard InChI is InChI=1S/C10H17NO4S/c1-6(9(12)13)8(16-2)7-4-3-5-11(7)10(14)15/h6-8H,3-5H2,1-2H3,(H,12,13)(H,14,15)/t6?,7-,8?/m0/s1. The Balaban J connectivity index is 2.79. The van der Waals surface area contributed by atoms with Crippen LogP contribution in [-0.2, 0) is 4.79 Å². The zero-order chi connectivity index (χ0) is 12.3. The van der Waals surface area contributed by atoms with Crippen molar-refractivity contribution in [2.75, 3.05) is 12.8 Å². The van der Waals surface area contributed by atoms with E-state index in [2.05, 4.69) is 0 Å². The third kappa shape index (κ3) is 2.61. The van der Waals surface area contributed by atoms with Crippen molar-refractivity contribution in [3.63, 3.8) is 0 Å². The van der Waals surface area contributed by atoms with Gasteiger partial charge >= 0.3 is 12.1 Å². The van der Waals surface area contributed by atoms with E-state index < -0.39 is 18.0 Å². The highest BCUT2D eigenvalue weighted by Gasteiger charge is 2.39. The molecule has 0 saturated carbocycles. The number of nitrogens with zero attached hydrogens (tertiary/aromatic N) is 1. The molecule has 0 aliphatic carbocycles. The lowest BCUT2D eigenvalue weighted by molar-refractivity contribution is -0.141. The van der Waals surface area contributed by atoms with Crippen LogP contribution < -0.4 is 0 Å². The molecule has 1 aliphatic rings. The number of carboxylic acid groups (broad SMARTS) is 2. The Morgan fingerprint density at radius 1 is 1.44 bits per heavy atom. The molecule has 1 heterocycles. The van der Waals surface area contributed by atoms with Crippen LogP contribution in [0.4, 0.5) is 4.79 Å². The summed E-state index contributed by atoms with van der Waals surface area (Å²) in [6, 6.07) is -0.168. The molecular weight excluding hydrogens is 230 g/mol. The van der Waals surface area contributed by atoms with Gasteiger partial charge in [-0.25, -0.2) is 4.79 Å². The van der Waals surface area contributed by atoms with E-state index in [9.17, 15) is 9.59 Å². The number of aliphatic carboxylic acids is 1. The molecule has 92 valence electrons. The molecule has 16 heavy (non-hydrogen) atoms. The van der Waals surface area contributed by atoms with E-state index in [0.29, 0.717) is 6.54 Å². The van der Waals surface area contributed by atoms with E-state index in [1.54, 1.807) is 6.92 Å². The second-order valence-electron chi connectivity index (χ2n) is 4.01. The van der Waals surface area contributed by atoms with Gasteiger partial charge in [-0.3, -0.25) is 4.79 Å². The van der Waals surface area contributed by atoms with E-state index in [0.717, 1.165) is 12.8 Å². The summed E-state index contributed by atoms with van der Waals surface area (Å²) in [5.41, 5.74) is 0. The zero-order valence-electron chi connectivity index (χ0n) is 9.42. The molecule has 0 bridgehead atoms. The van der Waals surface area contributed by atoms with Gasteiger partial charge in [0.05, 0.1) is 5.92 Å². The third-order valence-corrected chi connectivity index (χ3v) is 4.35. The van der Waals surface area contributed by atoms with Gasteiger partial charge in [0, 0.05) is 17.8 Å². The maximum Gasteiger partial charge on any atom is 0.407 e. The average Bonchev–Trinajstić information content (AvgIpc) is 2.67. The van der Waals surface area contributed by atoms with Crippen molar-refractivity contribution in [1.82, 2.24) is 4.90 Å². The summed E-state index contributed by atoms with van der Waals surface area (Å²) >= 11 is 1.44. The monoisotopic (exact) mass is 247 g/mol. The molecule has 1 rings (SSSR count). The first-order valence-corrected chi connectivity index (χ1v) is 6.53. The van der Waals surface area contributed by atoms with Crippen molar-refractivity contribution < 1.29 is 19.8 Å². The molecule has 0 aromatic carbocycles. The summed E-state index contributed by atoms with van der Waals surface area (Å²) in [6.07, 6.45) is 2.47. The highest BCUT2D eigenvalue weighted by Crippen LogP contribution is 2.31. The molecule has 1 aliphatic heterocycles. The zero-order valence-corrected chi connectivity index (χ0v) is 10.2. The Morgan fingerprint density at radius 2 is 2.06 bits per heavy atom. The molecular formula is C10H17NO4S. The van der Waals surface area contributed by atoms with E-state index in [1.807, 2.05) is 6.26 Å². The fourth-order valence-corrected chi connectivity index (χ4v) is 3.33. The minimum absolute atomic E-state index is 0.168. The van der Waals surface area contributed by atoms with Gasteiger partial charge in [0.2, 0.25) is 0 Å². The number of likely N-dealkylation sites (tertiary alicyclic amines) is 1. The highest BCUT2D eigenvalue weighted by molar-refractivity contribution is 7.99. The molecule has 1 amide bonds. The summed E-state index contributed by atoms with van der Waals surface area (Å²) < 4.78 is 0. The van der Waals surface area contributed by atoms with Crippen LogP contribution in [0.25, 0.3) is 0 Å². The van der Waals surface area contributed by atoms with E-state index >= 15 is 0 Å². The van der Waals surface area contributed by atoms with Crippen LogP contribution in [0.15, 0.2) is 0 Å². The largest absolute Gasteiger partial charge is 0.481 e. The van der Waals surface area contributed by atoms with Gasteiger partial charge in [0.25, 0.3) is 0 Å². The number of thioether (sulfide) groups is 1. The molecule has 0 aromatic heterocycles. The molecule has 3 atom stereocenters. The average molecular weight is 247 g/mol. The molecule has 5 nitrogen and oxygen atoms in total. The number of rotatable bonds is 4. The lowest BCUT2D eigenvalue weighted by atomic mass is 9.99. The van der Waals surface area contributed by atoms with Gasteiger partial charge < -0.3 is 15.1 Å². The molecule has 0 aromatic rings. The Kier molecular flexibility index (Phi) is 4.46. The quantitative estimate of drug-likeness (QED) is 0.788. The normalized spacial score (nSPS) is 24.1. The fraction of sp³-hybridized carbons (Fsp3) is 0.800. The second-order valence-corrected chi connectivity index (χ2v) is 5.03. The predicted molar refractivity (Wildman–Crippen MR) is 61.9 cm³/mol. The summed E-state index contributed by atoms with van der Waals surface area (Å²) in [5.74, 6) is -1.39. The summed E-state index contributed by atoms with van der Waals surface area (Å²) in [4.78, 5) is 23.3. The van der Waals surface area contributed by atoms with Crippen LogP contribution in [0.5, 0.6) is 0 Å². The lowest BCUT2D eigenvalue weighted by Gasteiger charge is -2.30. The molecule has 0 spiro atoms. The van der Waals surface area contributed by atoms with Crippen LogP contribution in [-0.4, -0.2) is 51.3 Å². The minimum atomic E-state index is -0.945. The number of hydrogen-bond acceptors (Lipinski definition) is 3. The summed E-state index contributed by atoms with van der Waals surface area (Å²) in [5, 5.41) is 17.8. The predicted octanol–water partition coefficient (Wildman–Crippen LogP) is 1.58. The molecule has 2 N–H and O–H groups in total. The number of amides is 1. The van der Waals surface area contributed by atoms with Gasteiger partial charge in [-0.05, 0) is 19.1 Å². The topological polar surface area (TPSA) is 77.8 Å². The van der Waals surface area contributed by atoms with Gasteiger partial charge in [-0.1, -0.05) is 6.92 Å². The highest BCUT2D eigenvalue weighted by atomic mass is 32.2. The molecule has 1 saturated heterocycles. The Bertz CT molecular complexity index is 284. The molecule has 0 radical (unpaired) electrons. The van der Waals surface area contributed by atoms with Gasteiger partial charge in [0.15, 0.2) is 0 Å². The lowest BCUT2D eigenvalue weighted by Crippen LogP contribution is -2.44. The van der Waals surface area contributed by atoms with Crippen molar-refractivity contribution in [3.8, 4) is 0 Å². The Morgan fingerprint density at radius 3 is 2.50 bits per heavy atom. The number of carboxylic acids is 1. The van der Waals surface area contributed by atoms with Crippen molar-refractivity contribution in [2.45, 2.75) is 31.1 Å². The maximum absolute atomic E-state index is 11.0. The molecule has 1 fully saturated rings. The van der Waals surface area contributed by atoms with Gasteiger partial charge in [-0.2, -0.15) is 11.8 Å².